The van der Waals surface area contributed by atoms with Crippen molar-refractivity contribution in [2.45, 2.75) is 45.8 Å². The Labute approximate surface area is 125 Å². The van der Waals surface area contributed by atoms with E-state index in [-0.39, 0.29) is 6.61 Å². The first kappa shape index (κ1) is 14.1. The SMILES string of the molecule is Cc1cc(C)n(CC(O)COc2ccc3c(c2)CCC3)n1. The summed E-state index contributed by atoms with van der Waals surface area (Å²) in [6, 6.07) is 8.26. The fourth-order valence-electron chi connectivity index (χ4n) is 2.94. The number of hydrogen-bond acceptors (Lipinski definition) is 3. The van der Waals surface area contributed by atoms with Crippen molar-refractivity contribution in [3.05, 3.63) is 46.8 Å². The summed E-state index contributed by atoms with van der Waals surface area (Å²) in [4.78, 5) is 0. The molecule has 1 heterocycles. The number of aliphatic hydroxyl groups excluding tert-OH is 1. The number of aromatic nitrogens is 2. The lowest BCUT2D eigenvalue weighted by atomic mass is 10.1. The van der Waals surface area contributed by atoms with Crippen LogP contribution in [0.25, 0.3) is 0 Å². The minimum absolute atomic E-state index is 0.289. The van der Waals surface area contributed by atoms with E-state index in [2.05, 4.69) is 17.2 Å². The van der Waals surface area contributed by atoms with Crippen LogP contribution >= 0.6 is 0 Å². The maximum absolute atomic E-state index is 10.1. The van der Waals surface area contributed by atoms with Crippen molar-refractivity contribution < 1.29 is 9.84 Å². The van der Waals surface area contributed by atoms with Crippen LogP contribution in [0.1, 0.15) is 28.9 Å². The number of nitrogens with zero attached hydrogens (tertiary/aromatic N) is 2. The summed E-state index contributed by atoms with van der Waals surface area (Å²) in [6.45, 7) is 4.70. The lowest BCUT2D eigenvalue weighted by Gasteiger charge is -2.14. The minimum Gasteiger partial charge on any atom is -0.491 e. The molecule has 2 aromatic rings. The van der Waals surface area contributed by atoms with Gasteiger partial charge in [-0.1, -0.05) is 6.07 Å². The third kappa shape index (κ3) is 3.27. The molecule has 4 nitrogen and oxygen atoms in total. The van der Waals surface area contributed by atoms with Gasteiger partial charge in [0.2, 0.25) is 0 Å². The van der Waals surface area contributed by atoms with Crippen LogP contribution in [0, 0.1) is 13.8 Å². The molecule has 1 atom stereocenters. The van der Waals surface area contributed by atoms with Crippen LogP contribution in [-0.4, -0.2) is 27.6 Å². The van der Waals surface area contributed by atoms with E-state index in [1.165, 1.54) is 24.0 Å². The smallest absolute Gasteiger partial charge is 0.119 e. The third-order valence-corrected chi connectivity index (χ3v) is 4.00. The maximum atomic E-state index is 10.1. The van der Waals surface area contributed by atoms with Gasteiger partial charge < -0.3 is 9.84 Å². The molecule has 0 fully saturated rings. The molecular formula is C17H22N2O2. The molecule has 1 N–H and O–H groups in total. The topological polar surface area (TPSA) is 47.3 Å². The molecule has 4 heteroatoms. The third-order valence-electron chi connectivity index (χ3n) is 4.00. The highest BCUT2D eigenvalue weighted by Crippen LogP contribution is 2.26. The Morgan fingerprint density at radius 2 is 2.05 bits per heavy atom. The van der Waals surface area contributed by atoms with Crippen molar-refractivity contribution in [1.29, 1.82) is 0 Å². The number of aliphatic hydroxyl groups is 1. The van der Waals surface area contributed by atoms with Gasteiger partial charge in [0.1, 0.15) is 18.5 Å². The zero-order valence-electron chi connectivity index (χ0n) is 12.7. The van der Waals surface area contributed by atoms with Crippen molar-refractivity contribution in [3.8, 4) is 5.75 Å². The summed E-state index contributed by atoms with van der Waals surface area (Å²) in [5, 5.41) is 14.5. The second-order valence-electron chi connectivity index (χ2n) is 5.86. The quantitative estimate of drug-likeness (QED) is 0.918. The zero-order chi connectivity index (χ0) is 14.8. The zero-order valence-corrected chi connectivity index (χ0v) is 12.7. The molecule has 0 saturated heterocycles. The predicted molar refractivity (Wildman–Crippen MR) is 81.7 cm³/mol. The number of ether oxygens (including phenoxy) is 1. The Kier molecular flexibility index (Phi) is 3.97. The molecule has 0 saturated carbocycles. The van der Waals surface area contributed by atoms with E-state index in [9.17, 15) is 5.11 Å². The predicted octanol–water partition coefficient (Wildman–Crippen LogP) is 2.43. The van der Waals surface area contributed by atoms with Gasteiger partial charge >= 0.3 is 0 Å². The van der Waals surface area contributed by atoms with Crippen LogP contribution in [0.5, 0.6) is 5.75 Å². The van der Waals surface area contributed by atoms with Crippen LogP contribution < -0.4 is 4.74 Å². The Bertz CT molecular complexity index is 634. The average Bonchev–Trinajstić information content (AvgIpc) is 3.02. The van der Waals surface area contributed by atoms with E-state index >= 15 is 0 Å². The molecule has 0 aliphatic heterocycles. The molecule has 112 valence electrons. The lowest BCUT2D eigenvalue weighted by Crippen LogP contribution is -2.24. The molecule has 1 aromatic carbocycles. The Balaban J connectivity index is 1.56. The highest BCUT2D eigenvalue weighted by atomic mass is 16.5. The molecule has 0 spiro atoms. The molecule has 1 aliphatic rings. The maximum Gasteiger partial charge on any atom is 0.119 e. The van der Waals surface area contributed by atoms with Gasteiger partial charge in [0.05, 0.1) is 12.2 Å². The summed E-state index contributed by atoms with van der Waals surface area (Å²) < 4.78 is 7.55. The van der Waals surface area contributed by atoms with Gasteiger partial charge in [0.15, 0.2) is 0 Å². The Morgan fingerprint density at radius 3 is 2.81 bits per heavy atom. The van der Waals surface area contributed by atoms with E-state index in [0.29, 0.717) is 6.54 Å². The van der Waals surface area contributed by atoms with E-state index < -0.39 is 6.10 Å². The molecule has 1 unspecified atom stereocenters. The van der Waals surface area contributed by atoms with E-state index in [1.54, 1.807) is 0 Å². The standard InChI is InChI=1S/C17H22N2O2/c1-12-8-13(2)19(18-12)10-16(20)11-21-17-7-6-14-4-3-5-15(14)9-17/h6-9,16,20H,3-5,10-11H2,1-2H3. The first-order valence-corrected chi connectivity index (χ1v) is 7.55. The fourth-order valence-corrected chi connectivity index (χ4v) is 2.94. The minimum atomic E-state index is -0.559. The number of hydrogen-bond donors (Lipinski definition) is 1. The summed E-state index contributed by atoms with van der Waals surface area (Å²) in [5.41, 5.74) is 4.86. The fraction of sp³-hybridized carbons (Fsp3) is 0.471. The number of aryl methyl sites for hydroxylation is 4. The molecule has 0 radical (unpaired) electrons. The molecule has 3 rings (SSSR count). The molecular weight excluding hydrogens is 264 g/mol. The van der Waals surface area contributed by atoms with Gasteiger partial charge in [-0.15, -0.1) is 0 Å². The van der Waals surface area contributed by atoms with Gasteiger partial charge in [0.25, 0.3) is 0 Å². The van der Waals surface area contributed by atoms with Gasteiger partial charge in [0, 0.05) is 5.69 Å². The number of fused-ring (bicyclic) bond motifs is 1. The van der Waals surface area contributed by atoms with Crippen LogP contribution in [0.15, 0.2) is 24.3 Å². The van der Waals surface area contributed by atoms with E-state index in [4.69, 9.17) is 4.74 Å². The van der Waals surface area contributed by atoms with Crippen molar-refractivity contribution in [2.24, 2.45) is 0 Å². The van der Waals surface area contributed by atoms with Crippen molar-refractivity contribution >= 4 is 0 Å². The van der Waals surface area contributed by atoms with Crippen molar-refractivity contribution in [2.75, 3.05) is 6.61 Å². The van der Waals surface area contributed by atoms with Crippen molar-refractivity contribution in [3.63, 3.8) is 0 Å². The van der Waals surface area contributed by atoms with E-state index in [1.807, 2.05) is 30.7 Å². The molecule has 1 aliphatic carbocycles. The van der Waals surface area contributed by atoms with Crippen molar-refractivity contribution in [1.82, 2.24) is 9.78 Å². The van der Waals surface area contributed by atoms with Gasteiger partial charge in [-0.3, -0.25) is 4.68 Å². The number of benzene rings is 1. The highest BCUT2D eigenvalue weighted by Gasteiger charge is 2.13. The summed E-state index contributed by atoms with van der Waals surface area (Å²) in [5.74, 6) is 0.850. The monoisotopic (exact) mass is 286 g/mol. The Hall–Kier alpha value is -1.81. The van der Waals surface area contributed by atoms with Crippen LogP contribution in [0.2, 0.25) is 0 Å². The lowest BCUT2D eigenvalue weighted by molar-refractivity contribution is 0.0887. The first-order chi connectivity index (χ1) is 10.1. The average molecular weight is 286 g/mol. The van der Waals surface area contributed by atoms with Crippen LogP contribution in [0.3, 0.4) is 0 Å². The second-order valence-corrected chi connectivity index (χ2v) is 5.86. The highest BCUT2D eigenvalue weighted by molar-refractivity contribution is 5.38. The number of rotatable bonds is 5. The van der Waals surface area contributed by atoms with E-state index in [0.717, 1.165) is 23.6 Å². The normalized spacial score (nSPS) is 15.0. The summed E-state index contributed by atoms with van der Waals surface area (Å²) in [6.07, 6.45) is 2.99. The molecule has 0 bridgehead atoms. The second kappa shape index (κ2) is 5.90. The Morgan fingerprint density at radius 1 is 1.24 bits per heavy atom. The largest absolute Gasteiger partial charge is 0.491 e. The first-order valence-electron chi connectivity index (χ1n) is 7.55. The van der Waals surface area contributed by atoms with Crippen LogP contribution in [-0.2, 0) is 19.4 Å². The molecule has 21 heavy (non-hydrogen) atoms. The van der Waals surface area contributed by atoms with Gasteiger partial charge in [-0.2, -0.15) is 5.10 Å². The molecule has 0 amide bonds. The van der Waals surface area contributed by atoms with Gasteiger partial charge in [-0.05, 0) is 62.4 Å². The van der Waals surface area contributed by atoms with Crippen LogP contribution in [0.4, 0.5) is 0 Å². The molecule has 1 aromatic heterocycles. The summed E-state index contributed by atoms with van der Waals surface area (Å²) >= 11 is 0. The summed E-state index contributed by atoms with van der Waals surface area (Å²) in [7, 11) is 0. The van der Waals surface area contributed by atoms with Gasteiger partial charge in [-0.25, -0.2) is 0 Å².